The van der Waals surface area contributed by atoms with Crippen LogP contribution in [-0.2, 0) is 4.84 Å². The van der Waals surface area contributed by atoms with Crippen molar-refractivity contribution in [1.82, 2.24) is 0 Å². The fourth-order valence-electron chi connectivity index (χ4n) is 1.57. The first-order valence-electron chi connectivity index (χ1n) is 5.99. The number of ether oxygens (including phenoxy) is 1. The van der Waals surface area contributed by atoms with E-state index in [0.717, 1.165) is 5.56 Å². The smallest absolute Gasteiger partial charge is 0.437 e. The van der Waals surface area contributed by atoms with Crippen LogP contribution in [0, 0.1) is 0 Å². The molecule has 0 aliphatic carbocycles. The van der Waals surface area contributed by atoms with Crippen LogP contribution in [-0.4, -0.2) is 19.4 Å². The number of anilines is 1. The average molecular weight is 270 g/mol. The van der Waals surface area contributed by atoms with Crippen molar-refractivity contribution in [3.05, 3.63) is 60.2 Å². The highest BCUT2D eigenvalue weighted by atomic mass is 16.7. The Hall–Kier alpha value is -2.82. The Morgan fingerprint density at radius 1 is 1.10 bits per heavy atom. The fraction of sp³-hybridized carbons (Fsp3) is 0.0667. The molecule has 0 aromatic heterocycles. The first kappa shape index (κ1) is 13.6. The maximum absolute atomic E-state index is 11.5. The number of oxime groups is 1. The molecule has 20 heavy (non-hydrogen) atoms. The summed E-state index contributed by atoms with van der Waals surface area (Å²) in [4.78, 5) is 16.2. The summed E-state index contributed by atoms with van der Waals surface area (Å²) in [5.74, 6) is 0.656. The quantitative estimate of drug-likeness (QED) is 0.527. The molecule has 5 heteroatoms. The molecule has 5 nitrogen and oxygen atoms in total. The number of nitrogens with one attached hydrogen (secondary N) is 1. The van der Waals surface area contributed by atoms with E-state index in [1.165, 1.54) is 6.21 Å². The van der Waals surface area contributed by atoms with Gasteiger partial charge >= 0.3 is 6.09 Å². The van der Waals surface area contributed by atoms with Crippen molar-refractivity contribution >= 4 is 18.0 Å². The molecule has 2 rings (SSSR count). The van der Waals surface area contributed by atoms with Gasteiger partial charge in [-0.25, -0.2) is 4.79 Å². The van der Waals surface area contributed by atoms with Gasteiger partial charge < -0.3 is 4.74 Å². The molecule has 0 bridgehead atoms. The molecule has 102 valence electrons. The Bertz CT molecular complexity index is 597. The summed E-state index contributed by atoms with van der Waals surface area (Å²) < 4.78 is 5.15. The van der Waals surface area contributed by atoms with Crippen LogP contribution in [0.5, 0.6) is 5.75 Å². The summed E-state index contributed by atoms with van der Waals surface area (Å²) >= 11 is 0. The highest BCUT2D eigenvalue weighted by Crippen LogP contribution is 2.14. The van der Waals surface area contributed by atoms with E-state index in [1.54, 1.807) is 31.4 Å². The minimum absolute atomic E-state index is 0.644. The fourth-order valence-corrected chi connectivity index (χ4v) is 1.57. The second-order valence-corrected chi connectivity index (χ2v) is 3.85. The summed E-state index contributed by atoms with van der Waals surface area (Å²) in [6, 6.07) is 16.3. The molecule has 1 amide bonds. The Labute approximate surface area is 116 Å². The van der Waals surface area contributed by atoms with Crippen LogP contribution in [0.25, 0.3) is 0 Å². The number of amides is 1. The molecule has 0 saturated carbocycles. The largest absolute Gasteiger partial charge is 0.496 e. The predicted molar refractivity (Wildman–Crippen MR) is 77.1 cm³/mol. The molecule has 0 spiro atoms. The summed E-state index contributed by atoms with van der Waals surface area (Å²) in [6.45, 7) is 0. The van der Waals surface area contributed by atoms with Crippen LogP contribution in [0.4, 0.5) is 10.5 Å². The normalized spacial score (nSPS) is 10.2. The van der Waals surface area contributed by atoms with E-state index >= 15 is 0 Å². The second-order valence-electron chi connectivity index (χ2n) is 3.85. The topological polar surface area (TPSA) is 59.9 Å². The van der Waals surface area contributed by atoms with Gasteiger partial charge in [-0.15, -0.1) is 0 Å². The van der Waals surface area contributed by atoms with E-state index in [4.69, 9.17) is 9.57 Å². The number of carbonyl (C=O) groups is 1. The molecule has 0 heterocycles. The van der Waals surface area contributed by atoms with Gasteiger partial charge in [-0.05, 0) is 24.3 Å². The molecule has 0 unspecified atom stereocenters. The number of carbonyl (C=O) groups excluding carboxylic acids is 1. The molecule has 0 radical (unpaired) electrons. The molecule has 0 fully saturated rings. The van der Waals surface area contributed by atoms with Gasteiger partial charge in [-0.1, -0.05) is 35.5 Å². The van der Waals surface area contributed by atoms with Gasteiger partial charge in [0.25, 0.3) is 0 Å². The number of methoxy groups -OCH3 is 1. The highest BCUT2D eigenvalue weighted by molar-refractivity contribution is 5.86. The van der Waals surface area contributed by atoms with Crippen LogP contribution in [0.15, 0.2) is 59.8 Å². The van der Waals surface area contributed by atoms with Crippen LogP contribution in [0.2, 0.25) is 0 Å². The number of nitrogens with zero attached hydrogens (tertiary/aromatic N) is 1. The summed E-state index contributed by atoms with van der Waals surface area (Å²) in [6.07, 6.45) is 0.769. The van der Waals surface area contributed by atoms with Crippen molar-refractivity contribution in [2.45, 2.75) is 0 Å². The van der Waals surface area contributed by atoms with E-state index < -0.39 is 6.09 Å². The maximum Gasteiger partial charge on any atom is 0.437 e. The van der Waals surface area contributed by atoms with E-state index in [0.29, 0.717) is 11.4 Å². The second kappa shape index (κ2) is 6.94. The van der Waals surface area contributed by atoms with Gasteiger partial charge in [0, 0.05) is 11.3 Å². The van der Waals surface area contributed by atoms with Crippen molar-refractivity contribution in [1.29, 1.82) is 0 Å². The van der Waals surface area contributed by atoms with Gasteiger partial charge in [0.05, 0.1) is 13.3 Å². The Balaban J connectivity index is 1.91. The van der Waals surface area contributed by atoms with E-state index in [2.05, 4.69) is 10.5 Å². The van der Waals surface area contributed by atoms with Crippen molar-refractivity contribution in [2.24, 2.45) is 5.16 Å². The SMILES string of the molecule is COc1ccccc1C=NOC(=O)Nc1ccccc1. The lowest BCUT2D eigenvalue weighted by atomic mass is 10.2. The molecule has 0 saturated heterocycles. The van der Waals surface area contributed by atoms with E-state index in [1.807, 2.05) is 30.3 Å². The molecule has 2 aromatic rings. The first-order chi connectivity index (χ1) is 9.79. The van der Waals surface area contributed by atoms with Gasteiger partial charge in [0.2, 0.25) is 0 Å². The minimum atomic E-state index is -0.651. The zero-order valence-electron chi connectivity index (χ0n) is 10.9. The standard InChI is InChI=1S/C15H14N2O3/c1-19-14-10-6-5-7-12(14)11-16-20-15(18)17-13-8-3-2-4-9-13/h2-11H,1H3,(H,17,18). The molecule has 0 atom stereocenters. The number of hydrogen-bond acceptors (Lipinski definition) is 4. The van der Waals surface area contributed by atoms with Crippen molar-refractivity contribution in [3.63, 3.8) is 0 Å². The molecule has 0 aliphatic heterocycles. The summed E-state index contributed by atoms with van der Waals surface area (Å²) in [5.41, 5.74) is 1.37. The lowest BCUT2D eigenvalue weighted by Gasteiger charge is -2.03. The monoisotopic (exact) mass is 270 g/mol. The van der Waals surface area contributed by atoms with E-state index in [-0.39, 0.29) is 0 Å². The molecular formula is C15H14N2O3. The van der Waals surface area contributed by atoms with Crippen LogP contribution < -0.4 is 10.1 Å². The number of para-hydroxylation sites is 2. The lowest BCUT2D eigenvalue weighted by molar-refractivity contribution is 0.167. The number of hydrogen-bond donors (Lipinski definition) is 1. The zero-order valence-corrected chi connectivity index (χ0v) is 10.9. The Morgan fingerprint density at radius 3 is 2.55 bits per heavy atom. The van der Waals surface area contributed by atoms with Gasteiger partial charge in [0.1, 0.15) is 5.75 Å². The molecule has 1 N–H and O–H groups in total. The third kappa shape index (κ3) is 3.84. The zero-order chi connectivity index (χ0) is 14.2. The van der Waals surface area contributed by atoms with Crippen LogP contribution in [0.1, 0.15) is 5.56 Å². The highest BCUT2D eigenvalue weighted by Gasteiger charge is 2.02. The number of rotatable bonds is 4. The molecular weight excluding hydrogens is 256 g/mol. The van der Waals surface area contributed by atoms with Crippen molar-refractivity contribution < 1.29 is 14.4 Å². The first-order valence-corrected chi connectivity index (χ1v) is 5.99. The van der Waals surface area contributed by atoms with E-state index in [9.17, 15) is 4.79 Å². The maximum atomic E-state index is 11.5. The van der Waals surface area contributed by atoms with Gasteiger partial charge in [-0.2, -0.15) is 0 Å². The van der Waals surface area contributed by atoms with Crippen LogP contribution >= 0.6 is 0 Å². The minimum Gasteiger partial charge on any atom is -0.496 e. The van der Waals surface area contributed by atoms with Crippen molar-refractivity contribution in [2.75, 3.05) is 12.4 Å². The van der Waals surface area contributed by atoms with Crippen LogP contribution in [0.3, 0.4) is 0 Å². The Kier molecular flexibility index (Phi) is 4.72. The van der Waals surface area contributed by atoms with Gasteiger partial charge in [0.15, 0.2) is 0 Å². The van der Waals surface area contributed by atoms with Crippen molar-refractivity contribution in [3.8, 4) is 5.75 Å². The molecule has 0 aliphatic rings. The number of benzene rings is 2. The Morgan fingerprint density at radius 2 is 1.80 bits per heavy atom. The summed E-state index contributed by atoms with van der Waals surface area (Å²) in [7, 11) is 1.57. The third-order valence-corrected chi connectivity index (χ3v) is 2.49. The lowest BCUT2D eigenvalue weighted by Crippen LogP contribution is -2.10. The summed E-state index contributed by atoms with van der Waals surface area (Å²) in [5, 5.41) is 6.18. The average Bonchev–Trinajstić information content (AvgIpc) is 2.49. The van der Waals surface area contributed by atoms with Gasteiger partial charge in [-0.3, -0.25) is 10.2 Å². The molecule has 2 aromatic carbocycles. The third-order valence-electron chi connectivity index (χ3n) is 2.49. The predicted octanol–water partition coefficient (Wildman–Crippen LogP) is 3.28.